The first-order chi connectivity index (χ1) is 15.5. The van der Waals surface area contributed by atoms with E-state index >= 15 is 0 Å². The number of carbonyl (C=O) groups is 1. The van der Waals surface area contributed by atoms with Crippen LogP contribution in [0.15, 0.2) is 51.7 Å². The molecule has 1 aromatic carbocycles. The summed E-state index contributed by atoms with van der Waals surface area (Å²) in [6.07, 6.45) is 3.05. The second-order valence-electron chi connectivity index (χ2n) is 7.97. The molecule has 0 saturated heterocycles. The number of aromatic nitrogens is 2. The Kier molecular flexibility index (Phi) is 5.92. The molecule has 3 aromatic heterocycles. The lowest BCUT2D eigenvalue weighted by Gasteiger charge is -2.16. The van der Waals surface area contributed by atoms with E-state index in [-0.39, 0.29) is 16.7 Å². The third-order valence-corrected chi connectivity index (χ3v) is 8.78. The summed E-state index contributed by atoms with van der Waals surface area (Å²) in [5.41, 5.74) is 3.04. The van der Waals surface area contributed by atoms with Crippen LogP contribution >= 0.6 is 34.4 Å². The van der Waals surface area contributed by atoms with Gasteiger partial charge in [-0.15, -0.1) is 22.7 Å². The number of thiophene rings is 2. The quantitative estimate of drug-likeness (QED) is 0.307. The molecule has 1 aliphatic carbocycles. The summed E-state index contributed by atoms with van der Waals surface area (Å²) in [6, 6.07) is 11.9. The van der Waals surface area contributed by atoms with E-state index in [1.54, 1.807) is 27.2 Å². The highest BCUT2D eigenvalue weighted by molar-refractivity contribution is 8.00. The summed E-state index contributed by atoms with van der Waals surface area (Å²) in [5.74, 6) is -0.0677. The van der Waals surface area contributed by atoms with Gasteiger partial charge in [0.15, 0.2) is 5.16 Å². The molecule has 5 rings (SSSR count). The van der Waals surface area contributed by atoms with Gasteiger partial charge in [-0.25, -0.2) is 4.98 Å². The third kappa shape index (κ3) is 4.02. The fourth-order valence-electron chi connectivity index (χ4n) is 3.97. The fourth-order valence-corrected chi connectivity index (χ4v) is 6.87. The molecule has 3 heterocycles. The zero-order chi connectivity index (χ0) is 22.2. The molecule has 8 heteroatoms. The minimum Gasteiger partial charge on any atom is -0.350 e. The van der Waals surface area contributed by atoms with Gasteiger partial charge in [0.05, 0.1) is 22.9 Å². The summed E-state index contributed by atoms with van der Waals surface area (Å²) in [6.45, 7) is 4.39. The van der Waals surface area contributed by atoms with Gasteiger partial charge in [-0.2, -0.15) is 0 Å². The van der Waals surface area contributed by atoms with Gasteiger partial charge >= 0.3 is 0 Å². The Morgan fingerprint density at radius 3 is 2.81 bits per heavy atom. The zero-order valence-electron chi connectivity index (χ0n) is 17.9. The first-order valence-corrected chi connectivity index (χ1v) is 13.2. The first-order valence-electron chi connectivity index (χ1n) is 10.6. The smallest absolute Gasteiger partial charge is 0.267 e. The van der Waals surface area contributed by atoms with E-state index < -0.39 is 0 Å². The maximum Gasteiger partial charge on any atom is 0.267 e. The van der Waals surface area contributed by atoms with Crippen molar-refractivity contribution in [2.75, 3.05) is 0 Å². The maximum absolute atomic E-state index is 13.7. The van der Waals surface area contributed by atoms with E-state index in [1.807, 2.05) is 55.6 Å². The molecule has 1 amide bonds. The number of nitrogens with one attached hydrogen (secondary N) is 1. The highest BCUT2D eigenvalue weighted by Crippen LogP contribution is 2.36. The number of carbonyl (C=O) groups excluding carboxylic acids is 1. The third-order valence-electron chi connectivity index (χ3n) is 5.67. The molecule has 1 aliphatic rings. The van der Waals surface area contributed by atoms with E-state index in [2.05, 4.69) is 5.32 Å². The van der Waals surface area contributed by atoms with Crippen molar-refractivity contribution in [3.63, 3.8) is 0 Å². The normalized spacial score (nSPS) is 13.9. The summed E-state index contributed by atoms with van der Waals surface area (Å²) >= 11 is 4.58. The minimum absolute atomic E-state index is 0.0352. The van der Waals surface area contributed by atoms with Crippen molar-refractivity contribution in [3.8, 4) is 5.69 Å². The van der Waals surface area contributed by atoms with Gasteiger partial charge in [0, 0.05) is 9.75 Å². The van der Waals surface area contributed by atoms with Gasteiger partial charge in [0.1, 0.15) is 4.83 Å². The summed E-state index contributed by atoms with van der Waals surface area (Å²) in [5, 5.41) is 5.92. The topological polar surface area (TPSA) is 64.0 Å². The largest absolute Gasteiger partial charge is 0.350 e. The van der Waals surface area contributed by atoms with Crippen molar-refractivity contribution in [3.05, 3.63) is 73.0 Å². The predicted molar refractivity (Wildman–Crippen MR) is 133 cm³/mol. The van der Waals surface area contributed by atoms with Crippen molar-refractivity contribution >= 4 is 50.6 Å². The van der Waals surface area contributed by atoms with Crippen molar-refractivity contribution < 1.29 is 4.79 Å². The van der Waals surface area contributed by atoms with Crippen LogP contribution in [0.25, 0.3) is 15.9 Å². The number of benzene rings is 1. The molecule has 4 aromatic rings. The maximum atomic E-state index is 13.7. The second-order valence-corrected chi connectivity index (χ2v) is 11.4. The lowest BCUT2D eigenvalue weighted by atomic mass is 10.2. The molecule has 0 aliphatic heterocycles. The number of rotatable bonds is 6. The number of amides is 1. The number of nitrogens with zero attached hydrogens (tertiary/aromatic N) is 2. The van der Waals surface area contributed by atoms with E-state index in [0.29, 0.717) is 11.7 Å². The van der Waals surface area contributed by atoms with Crippen LogP contribution in [0.2, 0.25) is 0 Å². The summed E-state index contributed by atoms with van der Waals surface area (Å²) in [4.78, 5) is 34.5. The number of fused-ring (bicyclic) bond motifs is 3. The van der Waals surface area contributed by atoms with Crippen LogP contribution < -0.4 is 10.9 Å². The van der Waals surface area contributed by atoms with Crippen molar-refractivity contribution in [1.82, 2.24) is 14.9 Å². The van der Waals surface area contributed by atoms with Crippen molar-refractivity contribution in [1.29, 1.82) is 0 Å². The van der Waals surface area contributed by atoms with Gasteiger partial charge in [-0.1, -0.05) is 35.5 Å². The van der Waals surface area contributed by atoms with Gasteiger partial charge in [0.2, 0.25) is 5.91 Å². The van der Waals surface area contributed by atoms with Gasteiger partial charge in [0.25, 0.3) is 5.56 Å². The Hall–Kier alpha value is -2.42. The fraction of sp³-hybridized carbons (Fsp3) is 0.292. The van der Waals surface area contributed by atoms with E-state index in [4.69, 9.17) is 4.98 Å². The number of thioether (sulfide) groups is 1. The molecule has 1 unspecified atom stereocenters. The number of hydrogen-bond acceptors (Lipinski definition) is 6. The van der Waals surface area contributed by atoms with Crippen molar-refractivity contribution in [2.24, 2.45) is 0 Å². The Balaban J connectivity index is 1.52. The van der Waals surface area contributed by atoms with E-state index in [0.717, 1.165) is 45.6 Å². The molecule has 5 nitrogen and oxygen atoms in total. The Morgan fingerprint density at radius 1 is 1.25 bits per heavy atom. The molecule has 1 atom stereocenters. The molecule has 1 N–H and O–H groups in total. The van der Waals surface area contributed by atoms with E-state index in [9.17, 15) is 9.59 Å². The molecule has 0 spiro atoms. The molecule has 0 saturated carbocycles. The average molecular weight is 482 g/mol. The molecular weight excluding hydrogens is 458 g/mol. The van der Waals surface area contributed by atoms with E-state index in [1.165, 1.54) is 22.2 Å². The van der Waals surface area contributed by atoms with Crippen LogP contribution in [-0.2, 0) is 24.2 Å². The molecule has 0 fully saturated rings. The van der Waals surface area contributed by atoms with Gasteiger partial charge in [-0.3, -0.25) is 14.2 Å². The Labute approximate surface area is 198 Å². The highest BCUT2D eigenvalue weighted by atomic mass is 32.2. The summed E-state index contributed by atoms with van der Waals surface area (Å²) < 4.78 is 1.68. The molecule has 0 radical (unpaired) electrons. The standard InChI is InChI=1S/C24H23N3O2S3/c1-14-8-10-16(11-9-14)27-23(29)20-18-6-3-7-19(18)32-22(20)26-24(27)31-15(2)21(28)25-13-17-5-4-12-30-17/h4-5,8-12,15H,3,6-7,13H2,1-2H3,(H,25,28). The number of hydrogen-bond donors (Lipinski definition) is 1. The summed E-state index contributed by atoms with van der Waals surface area (Å²) in [7, 11) is 0. The van der Waals surface area contributed by atoms with Crippen LogP contribution in [0, 0.1) is 6.92 Å². The highest BCUT2D eigenvalue weighted by Gasteiger charge is 2.25. The van der Waals surface area contributed by atoms with Crippen LogP contribution in [0.1, 0.15) is 34.2 Å². The molecule has 32 heavy (non-hydrogen) atoms. The van der Waals surface area contributed by atoms with Crippen molar-refractivity contribution in [2.45, 2.75) is 50.1 Å². The molecule has 0 bridgehead atoms. The van der Waals surface area contributed by atoms with Crippen LogP contribution in [0.4, 0.5) is 0 Å². The van der Waals surface area contributed by atoms with Gasteiger partial charge in [-0.05, 0) is 62.3 Å². The Bertz CT molecular complexity index is 1340. The zero-order valence-corrected chi connectivity index (χ0v) is 20.3. The average Bonchev–Trinajstić information content (AvgIpc) is 3.50. The van der Waals surface area contributed by atoms with Gasteiger partial charge < -0.3 is 5.32 Å². The SMILES string of the molecule is Cc1ccc(-n2c(SC(C)C(=O)NCc3cccs3)nc3sc4c(c3c2=O)CCC4)cc1. The lowest BCUT2D eigenvalue weighted by Crippen LogP contribution is -2.31. The number of aryl methyl sites for hydroxylation is 3. The predicted octanol–water partition coefficient (Wildman–Crippen LogP) is 5.10. The molecular formula is C24H23N3O2S3. The monoisotopic (exact) mass is 481 g/mol. The molecule has 164 valence electrons. The minimum atomic E-state index is -0.386. The second kappa shape index (κ2) is 8.84. The van der Waals surface area contributed by atoms with Crippen LogP contribution in [0.5, 0.6) is 0 Å². The first kappa shape index (κ1) is 21.4. The Morgan fingerprint density at radius 2 is 2.06 bits per heavy atom. The van der Waals surface area contributed by atoms with Crippen LogP contribution in [0.3, 0.4) is 0 Å². The lowest BCUT2D eigenvalue weighted by molar-refractivity contribution is -0.120. The van der Waals surface area contributed by atoms with Crippen LogP contribution in [-0.4, -0.2) is 20.7 Å².